The van der Waals surface area contributed by atoms with Gasteiger partial charge in [0.2, 0.25) is 59.1 Å². The number of amides is 10. The predicted octanol–water partition coefficient (Wildman–Crippen LogP) is -4.86. The Labute approximate surface area is 421 Å². The van der Waals surface area contributed by atoms with E-state index < -0.39 is 164 Å². The molecule has 0 saturated heterocycles. The third-order valence-corrected chi connectivity index (χ3v) is 11.2. The second-order valence-corrected chi connectivity index (χ2v) is 17.3. The van der Waals surface area contributed by atoms with Crippen molar-refractivity contribution in [2.75, 3.05) is 0 Å². The number of fused-ring (bicyclic) bond motifs is 1. The SMILES string of the molecule is C[C@H](NC(=O)[C@H](CCC(N)=O)NC(=O)[C@H](Cc1c[nH]c2ccccc12)NC(=O)[C@H](Cc1ccc(O)cc1)NC(=O)[C@@H](NC(=O)[C@H](CCC(N)=O)NC(=O)[C@@H](N)CCC(=O)O)[C@@H](C)O)C(=O)N[C@@H](CC(N)=O)C(=O)O. The molecule has 0 spiro atoms. The fourth-order valence-electron chi connectivity index (χ4n) is 7.15. The number of aromatic amines is 1. The topological polar surface area (TPSA) is 490 Å². The number of primary amides is 3. The first-order valence-electron chi connectivity index (χ1n) is 22.9. The maximum Gasteiger partial charge on any atom is 0.326 e. The normalized spacial score (nSPS) is 14.6. The Kier molecular flexibility index (Phi) is 22.9. The smallest absolute Gasteiger partial charge is 0.326 e. The third-order valence-electron chi connectivity index (χ3n) is 11.2. The molecule has 0 unspecified atom stereocenters. The molecule has 10 amide bonds. The summed E-state index contributed by atoms with van der Waals surface area (Å²) in [7, 11) is 0. The van der Waals surface area contributed by atoms with Crippen molar-refractivity contribution in [3.05, 3.63) is 65.9 Å². The lowest BCUT2D eigenvalue weighted by atomic mass is 10.0. The van der Waals surface area contributed by atoms with Crippen molar-refractivity contribution < 1.29 is 78.0 Å². The van der Waals surface area contributed by atoms with Crippen molar-refractivity contribution in [1.82, 2.24) is 42.2 Å². The average Bonchev–Trinajstić information content (AvgIpc) is 3.73. The van der Waals surface area contributed by atoms with E-state index in [0.29, 0.717) is 22.0 Å². The van der Waals surface area contributed by atoms with E-state index in [1.165, 1.54) is 24.3 Å². The van der Waals surface area contributed by atoms with Gasteiger partial charge in [-0.25, -0.2) is 4.79 Å². The molecule has 0 aliphatic heterocycles. The zero-order valence-electron chi connectivity index (χ0n) is 40.3. The molecule has 0 fully saturated rings. The summed E-state index contributed by atoms with van der Waals surface area (Å²) in [6.07, 6.45) is -4.27. The Morgan fingerprint density at radius 2 is 1.05 bits per heavy atom. The molecule has 0 radical (unpaired) electrons. The molecule has 28 heteroatoms. The van der Waals surface area contributed by atoms with Crippen LogP contribution < -0.4 is 60.2 Å². The monoisotopic (exact) mass is 1040 g/mol. The lowest BCUT2D eigenvalue weighted by Crippen LogP contribution is -2.62. The van der Waals surface area contributed by atoms with Crippen molar-refractivity contribution in [2.45, 2.75) is 126 Å². The Bertz CT molecular complexity index is 2550. The number of nitrogens with two attached hydrogens (primary N) is 4. The molecule has 9 atom stereocenters. The van der Waals surface area contributed by atoms with Crippen LogP contribution in [0, 0.1) is 0 Å². The highest BCUT2D eigenvalue weighted by atomic mass is 16.4. The minimum absolute atomic E-state index is 0.163. The van der Waals surface area contributed by atoms with E-state index in [0.717, 1.165) is 13.8 Å². The summed E-state index contributed by atoms with van der Waals surface area (Å²) in [4.78, 5) is 157. The largest absolute Gasteiger partial charge is 0.508 e. The van der Waals surface area contributed by atoms with Crippen LogP contribution in [0.25, 0.3) is 10.9 Å². The Balaban J connectivity index is 2.01. The minimum Gasteiger partial charge on any atom is -0.508 e. The van der Waals surface area contributed by atoms with Crippen LogP contribution in [0.2, 0.25) is 0 Å². The van der Waals surface area contributed by atoms with Crippen LogP contribution in [-0.2, 0) is 70.4 Å². The zero-order valence-corrected chi connectivity index (χ0v) is 40.3. The number of carbonyl (C=O) groups excluding carboxylic acids is 10. The van der Waals surface area contributed by atoms with Gasteiger partial charge in [-0.15, -0.1) is 0 Å². The van der Waals surface area contributed by atoms with Gasteiger partial charge in [-0.05, 0) is 62.4 Å². The number of phenolic OH excluding ortho intramolecular Hbond substituents is 1. The van der Waals surface area contributed by atoms with Crippen molar-refractivity contribution in [3.8, 4) is 5.75 Å². The van der Waals surface area contributed by atoms with E-state index in [1.807, 2.05) is 0 Å². The number of H-pyrrole nitrogens is 1. The van der Waals surface area contributed by atoms with Crippen LogP contribution in [0.3, 0.4) is 0 Å². The molecular weight excluding hydrogens is 977 g/mol. The number of aromatic hydroxyl groups is 1. The van der Waals surface area contributed by atoms with Crippen LogP contribution >= 0.6 is 0 Å². The highest BCUT2D eigenvalue weighted by Gasteiger charge is 2.36. The molecule has 3 aromatic rings. The molecule has 402 valence electrons. The maximum atomic E-state index is 14.6. The number of carboxylic acid groups (broad SMARTS) is 2. The molecule has 0 aliphatic carbocycles. The molecule has 74 heavy (non-hydrogen) atoms. The number of carbonyl (C=O) groups is 12. The summed E-state index contributed by atoms with van der Waals surface area (Å²) in [6, 6.07) is -0.863. The van der Waals surface area contributed by atoms with Crippen molar-refractivity contribution in [1.29, 1.82) is 0 Å². The number of phenols is 1. The number of aliphatic hydroxyl groups is 1. The minimum atomic E-state index is -1.89. The van der Waals surface area contributed by atoms with Gasteiger partial charge in [-0.3, -0.25) is 52.7 Å². The molecule has 0 bridgehead atoms. The van der Waals surface area contributed by atoms with E-state index in [2.05, 4.69) is 42.2 Å². The predicted molar refractivity (Wildman–Crippen MR) is 258 cm³/mol. The highest BCUT2D eigenvalue weighted by Crippen LogP contribution is 2.20. The maximum absolute atomic E-state index is 14.6. The van der Waals surface area contributed by atoms with E-state index in [1.54, 1.807) is 30.5 Å². The summed E-state index contributed by atoms with van der Waals surface area (Å²) >= 11 is 0. The highest BCUT2D eigenvalue weighted by molar-refractivity contribution is 5.99. The fourth-order valence-corrected chi connectivity index (χ4v) is 7.15. The van der Waals surface area contributed by atoms with Gasteiger partial charge in [0.15, 0.2) is 0 Å². The molecule has 2 aromatic carbocycles. The van der Waals surface area contributed by atoms with Gasteiger partial charge in [0.05, 0.1) is 18.6 Å². The number of carboxylic acids is 2. The quantitative estimate of drug-likeness (QED) is 0.0287. The Morgan fingerprint density at radius 3 is 1.59 bits per heavy atom. The first kappa shape index (κ1) is 59.6. The molecule has 1 aromatic heterocycles. The fraction of sp³-hybridized carbons (Fsp3) is 0.435. The van der Waals surface area contributed by atoms with Gasteiger partial charge in [0, 0.05) is 49.2 Å². The van der Waals surface area contributed by atoms with Crippen LogP contribution in [0.5, 0.6) is 5.75 Å². The standard InChI is InChI=1S/C46H62N12O16/c1-21(39(66)57-33(46(73)74)19-36(50)63)52-41(68)29(12-14-34(48)61)54-44(71)32(18-24-20-51-28-6-4-3-5-26(24)28)55-43(70)31(17-23-7-9-25(60)10-8-23)56-45(72)38(22(2)59)58-42(69)30(13-15-35(49)62)53-40(67)27(47)11-16-37(64)65/h3-10,20-22,27,29-33,38,51,59-60H,11-19,47H2,1-2H3,(H2,48,61)(H2,49,62)(H2,50,63)(H,52,68)(H,53,67)(H,54,71)(H,55,70)(H,56,72)(H,57,66)(H,58,69)(H,64,65)(H,73,74)/t21-,22+,27-,29-,30-,31-,32-,33-,38-/m0/s1. The first-order chi connectivity index (χ1) is 34.7. The number of aliphatic carboxylic acids is 2. The van der Waals surface area contributed by atoms with E-state index >= 15 is 0 Å². The first-order valence-corrected chi connectivity index (χ1v) is 22.9. The lowest BCUT2D eigenvalue weighted by molar-refractivity contribution is -0.143. The summed E-state index contributed by atoms with van der Waals surface area (Å²) in [5.74, 6) is -13.4. The average molecular weight is 1040 g/mol. The number of benzene rings is 2. The number of aliphatic hydroxyl groups excluding tert-OH is 1. The van der Waals surface area contributed by atoms with Crippen LogP contribution in [-0.4, -0.2) is 151 Å². The molecule has 28 nitrogen and oxygen atoms in total. The number of para-hydroxylation sites is 1. The third kappa shape index (κ3) is 19.5. The Morgan fingerprint density at radius 1 is 0.554 bits per heavy atom. The number of hydrogen-bond donors (Lipinski definition) is 16. The van der Waals surface area contributed by atoms with Gasteiger partial charge in [-0.2, -0.15) is 0 Å². The van der Waals surface area contributed by atoms with Crippen LogP contribution in [0.4, 0.5) is 0 Å². The Hall–Kier alpha value is -8.66. The molecule has 1 heterocycles. The second kappa shape index (κ2) is 28.4. The van der Waals surface area contributed by atoms with Gasteiger partial charge >= 0.3 is 11.9 Å². The van der Waals surface area contributed by atoms with E-state index in [-0.39, 0.29) is 25.0 Å². The van der Waals surface area contributed by atoms with Crippen LogP contribution in [0.15, 0.2) is 54.7 Å². The van der Waals surface area contributed by atoms with Crippen molar-refractivity contribution in [2.24, 2.45) is 22.9 Å². The van der Waals surface area contributed by atoms with Gasteiger partial charge in [0.1, 0.15) is 48.0 Å². The van der Waals surface area contributed by atoms with Gasteiger partial charge in [0.25, 0.3) is 0 Å². The number of nitrogens with one attached hydrogen (secondary N) is 8. The lowest BCUT2D eigenvalue weighted by Gasteiger charge is -2.28. The molecule has 20 N–H and O–H groups in total. The number of hydrogen-bond acceptors (Lipinski definition) is 15. The number of rotatable bonds is 31. The summed E-state index contributed by atoms with van der Waals surface area (Å²) in [5.41, 5.74) is 22.9. The van der Waals surface area contributed by atoms with Crippen molar-refractivity contribution >= 4 is 81.9 Å². The van der Waals surface area contributed by atoms with Crippen LogP contribution in [0.1, 0.15) is 69.9 Å². The van der Waals surface area contributed by atoms with E-state index in [4.69, 9.17) is 28.0 Å². The summed E-state index contributed by atoms with van der Waals surface area (Å²) in [5, 5.41) is 56.2. The van der Waals surface area contributed by atoms with Crippen molar-refractivity contribution in [3.63, 3.8) is 0 Å². The summed E-state index contributed by atoms with van der Waals surface area (Å²) < 4.78 is 0. The van der Waals surface area contributed by atoms with Gasteiger partial charge in [-0.1, -0.05) is 30.3 Å². The van der Waals surface area contributed by atoms with E-state index in [9.17, 15) is 72.9 Å². The zero-order chi connectivity index (χ0) is 55.4. The molecule has 3 rings (SSSR count). The number of aromatic nitrogens is 1. The molecule has 0 aliphatic rings. The molecular formula is C46H62N12O16. The summed E-state index contributed by atoms with van der Waals surface area (Å²) in [6.45, 7) is 2.26. The molecule has 0 saturated carbocycles. The second-order valence-electron chi connectivity index (χ2n) is 17.3. The van der Waals surface area contributed by atoms with Gasteiger partial charge < -0.3 is 85.6 Å².